The minimum Gasteiger partial charge on any atom is -0.337 e. The second-order valence-electron chi connectivity index (χ2n) is 4.85. The third-order valence-corrected chi connectivity index (χ3v) is 3.04. The van der Waals surface area contributed by atoms with Crippen LogP contribution in [0.4, 0.5) is 0 Å². The van der Waals surface area contributed by atoms with Crippen molar-refractivity contribution < 1.29 is 4.52 Å². The van der Waals surface area contributed by atoms with E-state index in [1.807, 2.05) is 0 Å². The van der Waals surface area contributed by atoms with Crippen molar-refractivity contribution in [2.75, 3.05) is 0 Å². The highest BCUT2D eigenvalue weighted by Crippen LogP contribution is 2.26. The fraction of sp³-hybridized carbons (Fsp3) is 0.385. The molecule has 1 heterocycles. The van der Waals surface area contributed by atoms with Crippen LogP contribution in [0.2, 0.25) is 10.0 Å². The van der Waals surface area contributed by atoms with Crippen LogP contribution in [0.15, 0.2) is 22.7 Å². The predicted molar refractivity (Wildman–Crippen MR) is 76.1 cm³/mol. The largest absolute Gasteiger partial charge is 0.337 e. The molecule has 2 N–H and O–H groups in total. The van der Waals surface area contributed by atoms with Crippen LogP contribution in [0.5, 0.6) is 0 Å². The molecule has 2 rings (SSSR count). The first-order valence-electron chi connectivity index (χ1n) is 6.01. The Kier molecular flexibility index (Phi) is 4.45. The standard InChI is InChI=1S/C13H15Cl2N3O/c1-7(2)3-11(16)13-17-12(18-19-13)8-4-9(14)6-10(15)5-8/h4-7,11H,3,16H2,1-2H3/t11-/m0/s1. The number of hydrogen-bond acceptors (Lipinski definition) is 4. The quantitative estimate of drug-likeness (QED) is 0.923. The van der Waals surface area contributed by atoms with E-state index in [-0.39, 0.29) is 6.04 Å². The molecule has 0 aliphatic heterocycles. The summed E-state index contributed by atoms with van der Waals surface area (Å²) in [6, 6.07) is 4.86. The van der Waals surface area contributed by atoms with Crippen LogP contribution in [-0.2, 0) is 0 Å². The van der Waals surface area contributed by atoms with Gasteiger partial charge in [-0.3, -0.25) is 0 Å². The van der Waals surface area contributed by atoms with Crippen LogP contribution >= 0.6 is 23.2 Å². The van der Waals surface area contributed by atoms with Crippen molar-refractivity contribution in [3.63, 3.8) is 0 Å². The van der Waals surface area contributed by atoms with E-state index in [1.165, 1.54) is 0 Å². The lowest BCUT2D eigenvalue weighted by Gasteiger charge is -2.08. The van der Waals surface area contributed by atoms with Gasteiger partial charge in [0.2, 0.25) is 11.7 Å². The first-order chi connectivity index (χ1) is 8.95. The number of benzene rings is 1. The molecule has 0 radical (unpaired) electrons. The van der Waals surface area contributed by atoms with Crippen molar-refractivity contribution in [1.82, 2.24) is 10.1 Å². The lowest BCUT2D eigenvalue weighted by atomic mass is 10.0. The summed E-state index contributed by atoms with van der Waals surface area (Å²) in [5, 5.41) is 4.97. The van der Waals surface area contributed by atoms with E-state index in [2.05, 4.69) is 24.0 Å². The topological polar surface area (TPSA) is 64.9 Å². The molecule has 102 valence electrons. The lowest BCUT2D eigenvalue weighted by molar-refractivity contribution is 0.335. The summed E-state index contributed by atoms with van der Waals surface area (Å²) in [5.74, 6) is 1.34. The van der Waals surface area contributed by atoms with Crippen LogP contribution in [-0.4, -0.2) is 10.1 Å². The number of aromatic nitrogens is 2. The van der Waals surface area contributed by atoms with Gasteiger partial charge in [-0.15, -0.1) is 0 Å². The average molecular weight is 300 g/mol. The Morgan fingerprint density at radius 1 is 1.21 bits per heavy atom. The number of nitrogens with zero attached hydrogens (tertiary/aromatic N) is 2. The maximum Gasteiger partial charge on any atom is 0.243 e. The van der Waals surface area contributed by atoms with E-state index in [4.69, 9.17) is 33.5 Å². The molecule has 6 heteroatoms. The van der Waals surface area contributed by atoms with Crippen molar-refractivity contribution in [2.24, 2.45) is 11.7 Å². The second-order valence-corrected chi connectivity index (χ2v) is 5.72. The SMILES string of the molecule is CC(C)C[C@H](N)c1nc(-c2cc(Cl)cc(Cl)c2)no1. The van der Waals surface area contributed by atoms with Crippen LogP contribution in [0.3, 0.4) is 0 Å². The highest BCUT2D eigenvalue weighted by Gasteiger charge is 2.17. The molecule has 4 nitrogen and oxygen atoms in total. The number of nitrogens with two attached hydrogens (primary N) is 1. The summed E-state index contributed by atoms with van der Waals surface area (Å²) in [6.45, 7) is 4.18. The van der Waals surface area contributed by atoms with Crippen LogP contribution < -0.4 is 5.73 Å². The van der Waals surface area contributed by atoms with Gasteiger partial charge in [0.05, 0.1) is 6.04 Å². The lowest BCUT2D eigenvalue weighted by Crippen LogP contribution is -2.13. The first-order valence-corrected chi connectivity index (χ1v) is 6.77. The molecule has 1 aromatic heterocycles. The normalized spacial score (nSPS) is 12.9. The zero-order chi connectivity index (χ0) is 14.0. The summed E-state index contributed by atoms with van der Waals surface area (Å²) >= 11 is 11.9. The zero-order valence-electron chi connectivity index (χ0n) is 10.7. The highest BCUT2D eigenvalue weighted by atomic mass is 35.5. The van der Waals surface area contributed by atoms with Gasteiger partial charge in [-0.25, -0.2) is 0 Å². The van der Waals surface area contributed by atoms with E-state index >= 15 is 0 Å². The maximum absolute atomic E-state index is 6.00. The molecule has 0 spiro atoms. The Bertz CT molecular complexity index is 549. The molecular weight excluding hydrogens is 285 g/mol. The van der Waals surface area contributed by atoms with Gasteiger partial charge >= 0.3 is 0 Å². The third-order valence-electron chi connectivity index (χ3n) is 2.61. The zero-order valence-corrected chi connectivity index (χ0v) is 12.2. The molecule has 1 atom stereocenters. The van der Waals surface area contributed by atoms with Crippen LogP contribution in [0.1, 0.15) is 32.2 Å². The predicted octanol–water partition coefficient (Wildman–Crippen LogP) is 4.09. The van der Waals surface area contributed by atoms with Crippen molar-refractivity contribution in [1.29, 1.82) is 0 Å². The van der Waals surface area contributed by atoms with E-state index in [1.54, 1.807) is 18.2 Å². The minimum atomic E-state index is -0.254. The molecule has 0 unspecified atom stereocenters. The molecule has 0 aliphatic rings. The highest BCUT2D eigenvalue weighted by molar-refractivity contribution is 6.35. The van der Waals surface area contributed by atoms with Gasteiger partial charge in [0.1, 0.15) is 0 Å². The molecule has 0 saturated heterocycles. The van der Waals surface area contributed by atoms with Crippen molar-refractivity contribution >= 4 is 23.2 Å². The van der Waals surface area contributed by atoms with Crippen molar-refractivity contribution in [3.8, 4) is 11.4 Å². The molecular formula is C13H15Cl2N3O. The van der Waals surface area contributed by atoms with E-state index in [0.29, 0.717) is 33.2 Å². The van der Waals surface area contributed by atoms with Gasteiger partial charge in [-0.05, 0) is 30.5 Å². The maximum atomic E-state index is 6.00. The van der Waals surface area contributed by atoms with Crippen LogP contribution in [0.25, 0.3) is 11.4 Å². The summed E-state index contributed by atoms with van der Waals surface area (Å²) in [6.07, 6.45) is 0.790. The Morgan fingerprint density at radius 3 is 2.42 bits per heavy atom. The number of halogens is 2. The monoisotopic (exact) mass is 299 g/mol. The summed E-state index contributed by atoms with van der Waals surface area (Å²) in [7, 11) is 0. The van der Waals surface area contributed by atoms with Gasteiger partial charge < -0.3 is 10.3 Å². The van der Waals surface area contributed by atoms with Crippen LogP contribution in [0, 0.1) is 5.92 Å². The number of hydrogen-bond donors (Lipinski definition) is 1. The summed E-state index contributed by atoms with van der Waals surface area (Å²) < 4.78 is 5.19. The fourth-order valence-electron chi connectivity index (χ4n) is 1.79. The molecule has 2 aromatic rings. The van der Waals surface area contributed by atoms with E-state index < -0.39 is 0 Å². The molecule has 0 saturated carbocycles. The van der Waals surface area contributed by atoms with Gasteiger partial charge in [0.25, 0.3) is 0 Å². The number of rotatable bonds is 4. The summed E-state index contributed by atoms with van der Waals surface area (Å²) in [4.78, 5) is 4.30. The second kappa shape index (κ2) is 5.90. The first kappa shape index (κ1) is 14.3. The molecule has 19 heavy (non-hydrogen) atoms. The third kappa shape index (κ3) is 3.69. The Balaban J connectivity index is 2.25. The van der Waals surface area contributed by atoms with Gasteiger partial charge in [0.15, 0.2) is 0 Å². The van der Waals surface area contributed by atoms with Crippen molar-refractivity contribution in [2.45, 2.75) is 26.3 Å². The Hall–Kier alpha value is -1.10. The van der Waals surface area contributed by atoms with Gasteiger partial charge in [0, 0.05) is 15.6 Å². The fourth-order valence-corrected chi connectivity index (χ4v) is 2.32. The van der Waals surface area contributed by atoms with E-state index in [0.717, 1.165) is 6.42 Å². The van der Waals surface area contributed by atoms with E-state index in [9.17, 15) is 0 Å². The van der Waals surface area contributed by atoms with Gasteiger partial charge in [-0.2, -0.15) is 4.98 Å². The minimum absolute atomic E-state index is 0.254. The average Bonchev–Trinajstić information content (AvgIpc) is 2.75. The Morgan fingerprint density at radius 2 is 1.84 bits per heavy atom. The van der Waals surface area contributed by atoms with Gasteiger partial charge in [-0.1, -0.05) is 42.2 Å². The molecule has 0 aliphatic carbocycles. The molecule has 0 fully saturated rings. The van der Waals surface area contributed by atoms with Crippen molar-refractivity contribution in [3.05, 3.63) is 34.1 Å². The molecule has 0 bridgehead atoms. The molecule has 1 aromatic carbocycles. The summed E-state index contributed by atoms with van der Waals surface area (Å²) in [5.41, 5.74) is 6.71. The molecule has 0 amide bonds. The smallest absolute Gasteiger partial charge is 0.243 e. The Labute approximate surface area is 121 Å².